The number of hydrogen-bond donors (Lipinski definition) is 1. The lowest BCUT2D eigenvalue weighted by atomic mass is 10.1. The molecule has 26 heavy (non-hydrogen) atoms. The zero-order valence-electron chi connectivity index (χ0n) is 14.5. The Morgan fingerprint density at radius 2 is 2.12 bits per heavy atom. The number of para-hydroxylation sites is 1. The predicted octanol–water partition coefficient (Wildman–Crippen LogP) is 3.72. The summed E-state index contributed by atoms with van der Waals surface area (Å²) in [5.74, 6) is 0.322. The van der Waals surface area contributed by atoms with E-state index in [1.807, 2.05) is 24.3 Å². The molecule has 2 aromatic heterocycles. The lowest BCUT2D eigenvalue weighted by Gasteiger charge is -2.03. The molecule has 132 valence electrons. The highest BCUT2D eigenvalue weighted by Gasteiger charge is 2.16. The number of benzene rings is 1. The van der Waals surface area contributed by atoms with Gasteiger partial charge in [0, 0.05) is 23.8 Å². The van der Waals surface area contributed by atoms with Gasteiger partial charge in [0.05, 0.1) is 11.3 Å². The minimum absolute atomic E-state index is 0.322. The van der Waals surface area contributed by atoms with Crippen molar-refractivity contribution in [1.82, 2.24) is 14.6 Å². The number of nitrogens with zero attached hydrogens (tertiary/aromatic N) is 4. The fraction of sp³-hybridized carbons (Fsp3) is 0.263. The van der Waals surface area contributed by atoms with Crippen LogP contribution in [0.1, 0.15) is 42.3 Å². The van der Waals surface area contributed by atoms with Gasteiger partial charge in [0.2, 0.25) is 4.96 Å². The van der Waals surface area contributed by atoms with Crippen LogP contribution in [0.25, 0.3) is 16.6 Å². The van der Waals surface area contributed by atoms with Crippen LogP contribution in [0.2, 0.25) is 0 Å². The number of nitrogens with two attached hydrogens (primary N) is 1. The Morgan fingerprint density at radius 3 is 2.96 bits per heavy atom. The molecule has 0 saturated carbocycles. The summed E-state index contributed by atoms with van der Waals surface area (Å²) in [6.07, 6.45) is 7.77. The van der Waals surface area contributed by atoms with Gasteiger partial charge in [-0.1, -0.05) is 49.3 Å². The Bertz CT molecular complexity index is 1090. The summed E-state index contributed by atoms with van der Waals surface area (Å²) in [7, 11) is 0. The van der Waals surface area contributed by atoms with Gasteiger partial charge in [0.25, 0.3) is 5.56 Å². The van der Waals surface area contributed by atoms with E-state index in [1.54, 1.807) is 16.8 Å². The average molecular weight is 365 g/mol. The van der Waals surface area contributed by atoms with Crippen molar-refractivity contribution in [3.8, 4) is 0 Å². The Labute approximate surface area is 154 Å². The fourth-order valence-corrected chi connectivity index (χ4v) is 3.93. The number of hydrogen-bond acceptors (Lipinski definition) is 6. The Balaban J connectivity index is 1.76. The molecule has 3 aromatic rings. The third-order valence-corrected chi connectivity index (χ3v) is 5.35. The zero-order chi connectivity index (χ0) is 18.1. The van der Waals surface area contributed by atoms with Crippen molar-refractivity contribution in [3.05, 3.63) is 50.8 Å². The summed E-state index contributed by atoms with van der Waals surface area (Å²) in [5.41, 5.74) is 9.00. The number of unbranched alkanes of at least 4 members (excludes halogenated alkanes) is 2. The Morgan fingerprint density at radius 1 is 1.27 bits per heavy atom. The van der Waals surface area contributed by atoms with Crippen molar-refractivity contribution >= 4 is 45.7 Å². The molecule has 0 unspecified atom stereocenters. The molecule has 0 aliphatic carbocycles. The van der Waals surface area contributed by atoms with E-state index >= 15 is 0 Å². The van der Waals surface area contributed by atoms with Gasteiger partial charge in [0.15, 0.2) is 0 Å². The molecule has 0 fully saturated rings. The number of allylic oxidation sites excluding steroid dienone is 1. The summed E-state index contributed by atoms with van der Waals surface area (Å²) in [6.45, 7) is 2.17. The second-order valence-electron chi connectivity index (χ2n) is 6.24. The molecule has 3 heterocycles. The Hall–Kier alpha value is -2.80. The third kappa shape index (κ3) is 2.94. The monoisotopic (exact) mass is 365 g/mol. The first-order valence-electron chi connectivity index (χ1n) is 8.70. The van der Waals surface area contributed by atoms with Crippen molar-refractivity contribution in [2.45, 2.75) is 32.6 Å². The van der Waals surface area contributed by atoms with Crippen molar-refractivity contribution in [2.75, 3.05) is 5.73 Å². The van der Waals surface area contributed by atoms with Crippen LogP contribution in [0, 0.1) is 0 Å². The number of anilines is 1. The third-order valence-electron chi connectivity index (χ3n) is 4.39. The van der Waals surface area contributed by atoms with E-state index in [0.29, 0.717) is 16.3 Å². The minimum Gasteiger partial charge on any atom is -0.383 e. The zero-order valence-corrected chi connectivity index (χ0v) is 15.3. The number of rotatable bonds is 5. The predicted molar refractivity (Wildman–Crippen MR) is 107 cm³/mol. The molecular formula is C19H19N5OS. The number of aromatic nitrogens is 3. The second-order valence-corrected chi connectivity index (χ2v) is 7.28. The summed E-state index contributed by atoms with van der Waals surface area (Å²) in [5, 5.41) is 5.50. The van der Waals surface area contributed by atoms with Crippen LogP contribution in [0.3, 0.4) is 0 Å². The molecule has 0 bridgehead atoms. The summed E-state index contributed by atoms with van der Waals surface area (Å²) in [6, 6.07) is 7.79. The molecule has 1 aliphatic heterocycles. The van der Waals surface area contributed by atoms with E-state index in [1.165, 1.54) is 11.3 Å². The molecule has 1 aliphatic rings. The first-order chi connectivity index (χ1) is 12.7. The van der Waals surface area contributed by atoms with Gasteiger partial charge >= 0.3 is 0 Å². The topological polar surface area (TPSA) is 85.6 Å². The number of fused-ring (bicyclic) bond motifs is 2. The molecule has 0 amide bonds. The van der Waals surface area contributed by atoms with E-state index < -0.39 is 0 Å². The quantitative estimate of drug-likeness (QED) is 0.698. The second kappa shape index (κ2) is 6.84. The molecule has 0 radical (unpaired) electrons. The van der Waals surface area contributed by atoms with Crippen LogP contribution in [-0.4, -0.2) is 20.8 Å². The first-order valence-corrected chi connectivity index (χ1v) is 9.52. The lowest BCUT2D eigenvalue weighted by Crippen LogP contribution is -2.16. The molecular weight excluding hydrogens is 346 g/mol. The van der Waals surface area contributed by atoms with Gasteiger partial charge in [-0.2, -0.15) is 14.6 Å². The molecule has 2 N–H and O–H groups in total. The number of nitrogen functional groups attached to an aromatic ring is 1. The van der Waals surface area contributed by atoms with Gasteiger partial charge in [-0.15, -0.1) is 0 Å². The van der Waals surface area contributed by atoms with E-state index in [9.17, 15) is 4.79 Å². The largest absolute Gasteiger partial charge is 0.383 e. The first kappa shape index (κ1) is 16.7. The van der Waals surface area contributed by atoms with Crippen molar-refractivity contribution in [2.24, 2.45) is 4.99 Å². The molecule has 6 nitrogen and oxygen atoms in total. The molecule has 4 rings (SSSR count). The molecule has 0 spiro atoms. The minimum atomic E-state index is -0.337. The van der Waals surface area contributed by atoms with Crippen LogP contribution in [-0.2, 0) is 6.42 Å². The SMILES string of the molecule is CCCCCc1nn2c(N)c(C=C3C=Nc4ccccc43)c(=O)nc2s1. The smallest absolute Gasteiger partial charge is 0.283 e. The number of aliphatic imine (C=N–C) groups is 1. The van der Waals surface area contributed by atoms with Crippen LogP contribution >= 0.6 is 11.3 Å². The maximum absolute atomic E-state index is 12.5. The van der Waals surface area contributed by atoms with Crippen molar-refractivity contribution < 1.29 is 0 Å². The maximum Gasteiger partial charge on any atom is 0.283 e. The van der Waals surface area contributed by atoms with Gasteiger partial charge in [0.1, 0.15) is 10.8 Å². The molecule has 7 heteroatoms. The van der Waals surface area contributed by atoms with Gasteiger partial charge in [-0.3, -0.25) is 9.79 Å². The van der Waals surface area contributed by atoms with E-state index in [2.05, 4.69) is 22.0 Å². The van der Waals surface area contributed by atoms with Crippen molar-refractivity contribution in [1.29, 1.82) is 0 Å². The van der Waals surface area contributed by atoms with E-state index in [4.69, 9.17) is 5.73 Å². The fourth-order valence-electron chi connectivity index (χ4n) is 2.99. The summed E-state index contributed by atoms with van der Waals surface area (Å²) in [4.78, 5) is 21.6. The van der Waals surface area contributed by atoms with E-state index in [-0.39, 0.29) is 5.56 Å². The highest BCUT2D eigenvalue weighted by molar-refractivity contribution is 7.16. The lowest BCUT2D eigenvalue weighted by molar-refractivity contribution is 0.706. The van der Waals surface area contributed by atoms with Crippen LogP contribution in [0.4, 0.5) is 11.5 Å². The van der Waals surface area contributed by atoms with Gasteiger partial charge < -0.3 is 5.73 Å². The standard InChI is InChI=1S/C19H19N5OS/c1-2-3-4-9-16-23-24-17(20)14(18(25)22-19(24)26-16)10-12-11-21-15-8-6-5-7-13(12)15/h5-8,10-11H,2-4,9,20H2,1H3. The highest BCUT2D eigenvalue weighted by Crippen LogP contribution is 2.32. The van der Waals surface area contributed by atoms with Gasteiger partial charge in [-0.05, 0) is 18.6 Å². The summed E-state index contributed by atoms with van der Waals surface area (Å²) >= 11 is 1.43. The van der Waals surface area contributed by atoms with Crippen LogP contribution in [0.15, 0.2) is 34.1 Å². The van der Waals surface area contributed by atoms with E-state index in [0.717, 1.165) is 47.5 Å². The van der Waals surface area contributed by atoms with Crippen LogP contribution in [0.5, 0.6) is 0 Å². The normalized spacial score (nSPS) is 14.4. The average Bonchev–Trinajstić information content (AvgIpc) is 3.23. The summed E-state index contributed by atoms with van der Waals surface area (Å²) < 4.78 is 1.58. The molecule has 0 atom stereocenters. The molecule has 1 aromatic carbocycles. The van der Waals surface area contributed by atoms with Crippen LogP contribution < -0.4 is 11.3 Å². The van der Waals surface area contributed by atoms with Crippen molar-refractivity contribution in [3.63, 3.8) is 0 Å². The molecule has 0 saturated heterocycles. The van der Waals surface area contributed by atoms with Gasteiger partial charge in [-0.25, -0.2) is 0 Å². The maximum atomic E-state index is 12.5. The highest BCUT2D eigenvalue weighted by atomic mass is 32.1. The Kier molecular flexibility index (Phi) is 4.38. The number of aryl methyl sites for hydroxylation is 1.